The molecule has 29 heavy (non-hydrogen) atoms. The third-order valence-electron chi connectivity index (χ3n) is 3.82. The highest BCUT2D eigenvalue weighted by atomic mass is 79.9. The number of carbonyl (C=O) groups excluding carboxylic acids is 1. The van der Waals surface area contributed by atoms with Crippen LogP contribution in [0.2, 0.25) is 0 Å². The van der Waals surface area contributed by atoms with Gasteiger partial charge in [0.15, 0.2) is 0 Å². The fourth-order valence-corrected chi connectivity index (χ4v) is 2.98. The molecule has 1 N–H and O–H groups in total. The first kappa shape index (κ1) is 21.2. The first-order valence-corrected chi connectivity index (χ1v) is 8.89. The van der Waals surface area contributed by atoms with Crippen LogP contribution in [0.3, 0.4) is 0 Å². The van der Waals surface area contributed by atoms with Gasteiger partial charge in [0.05, 0.1) is 16.6 Å². The number of alkyl halides is 5. The van der Waals surface area contributed by atoms with Crippen LogP contribution in [0.4, 0.5) is 33.5 Å². The molecule has 0 aliphatic carbocycles. The Kier molecular flexibility index (Phi) is 5.94. The van der Waals surface area contributed by atoms with Crippen molar-refractivity contribution in [2.45, 2.75) is 12.3 Å². The number of pyridine rings is 1. The quantitative estimate of drug-likeness (QED) is 0.640. The maximum absolute atomic E-state index is 12.9. The molecule has 2 heterocycles. The lowest BCUT2D eigenvalue weighted by atomic mass is 10.2. The van der Waals surface area contributed by atoms with Crippen molar-refractivity contribution in [3.63, 3.8) is 0 Å². The summed E-state index contributed by atoms with van der Waals surface area (Å²) in [6.07, 6.45) is -9.80. The van der Waals surface area contributed by atoms with Crippen LogP contribution in [0.25, 0.3) is 0 Å². The Hall–Kier alpha value is -2.47. The second-order valence-electron chi connectivity index (χ2n) is 5.93. The number of rotatable bonds is 5. The van der Waals surface area contributed by atoms with Crippen molar-refractivity contribution in [3.05, 3.63) is 46.6 Å². The number of nitrogens with zero attached hydrogens (tertiary/aromatic N) is 2. The Balaban J connectivity index is 1.65. The van der Waals surface area contributed by atoms with E-state index in [1.807, 2.05) is 4.90 Å². The van der Waals surface area contributed by atoms with Crippen molar-refractivity contribution >= 4 is 33.3 Å². The second kappa shape index (κ2) is 8.11. The monoisotopic (exact) mass is 481 g/mol. The number of nitrogens with one attached hydrogen (secondary N) is 1. The number of halogens is 6. The zero-order chi connectivity index (χ0) is 21.2. The predicted molar refractivity (Wildman–Crippen MR) is 96.1 cm³/mol. The van der Waals surface area contributed by atoms with Crippen LogP contribution >= 0.6 is 15.9 Å². The molecule has 6 nitrogen and oxygen atoms in total. The van der Waals surface area contributed by atoms with Gasteiger partial charge in [-0.25, -0.2) is 4.98 Å². The molecule has 1 saturated heterocycles. The molecule has 0 radical (unpaired) electrons. The SMILES string of the molecule is O=C(Nc1ccc(OC(F)(F)C(F)(F)F)cc1)c1cnc(N2CCOC2)c(Br)c1. The molecule has 1 fully saturated rings. The van der Waals surface area contributed by atoms with Gasteiger partial charge in [0.1, 0.15) is 18.3 Å². The van der Waals surface area contributed by atoms with Crippen molar-refractivity contribution in [1.82, 2.24) is 4.98 Å². The minimum absolute atomic E-state index is 0.172. The van der Waals surface area contributed by atoms with E-state index in [1.165, 1.54) is 6.20 Å². The number of hydrogen-bond acceptors (Lipinski definition) is 5. The molecule has 1 aromatic carbocycles. The fraction of sp³-hybridized carbons (Fsp3) is 0.294. The Labute approximate surface area is 169 Å². The lowest BCUT2D eigenvalue weighted by molar-refractivity contribution is -0.360. The van der Waals surface area contributed by atoms with Gasteiger partial charge in [0.2, 0.25) is 0 Å². The number of benzene rings is 1. The summed E-state index contributed by atoms with van der Waals surface area (Å²) in [7, 11) is 0. The molecule has 0 atom stereocenters. The topological polar surface area (TPSA) is 63.7 Å². The number of hydrogen-bond donors (Lipinski definition) is 1. The normalized spacial score (nSPS) is 14.8. The van der Waals surface area contributed by atoms with E-state index < -0.39 is 23.9 Å². The van der Waals surface area contributed by atoms with Crippen LogP contribution in [-0.2, 0) is 4.74 Å². The van der Waals surface area contributed by atoms with Gasteiger partial charge in [-0.2, -0.15) is 22.0 Å². The number of carbonyl (C=O) groups is 1. The number of aromatic nitrogens is 1. The minimum atomic E-state index is -5.84. The van der Waals surface area contributed by atoms with Crippen LogP contribution in [0.1, 0.15) is 10.4 Å². The number of ether oxygens (including phenoxy) is 2. The third-order valence-corrected chi connectivity index (χ3v) is 4.41. The van der Waals surface area contributed by atoms with Crippen molar-refractivity contribution in [2.24, 2.45) is 0 Å². The first-order chi connectivity index (χ1) is 13.6. The van der Waals surface area contributed by atoms with E-state index in [-0.39, 0.29) is 11.3 Å². The first-order valence-electron chi connectivity index (χ1n) is 8.10. The summed E-state index contributed by atoms with van der Waals surface area (Å²) in [5, 5.41) is 2.49. The molecule has 1 aliphatic heterocycles. The average Bonchev–Trinajstić information content (AvgIpc) is 3.16. The van der Waals surface area contributed by atoms with Crippen molar-refractivity contribution < 1.29 is 36.2 Å². The summed E-state index contributed by atoms with van der Waals surface area (Å²) in [6.45, 7) is 1.63. The lowest BCUT2D eigenvalue weighted by Gasteiger charge is -2.20. The lowest BCUT2D eigenvalue weighted by Crippen LogP contribution is -2.41. The van der Waals surface area contributed by atoms with E-state index in [0.29, 0.717) is 30.2 Å². The molecule has 2 aromatic rings. The van der Waals surface area contributed by atoms with Gasteiger partial charge < -0.3 is 19.7 Å². The van der Waals surface area contributed by atoms with E-state index in [4.69, 9.17) is 4.74 Å². The maximum Gasteiger partial charge on any atom is 0.499 e. The van der Waals surface area contributed by atoms with Gasteiger partial charge in [-0.15, -0.1) is 0 Å². The van der Waals surface area contributed by atoms with Crippen LogP contribution in [-0.4, -0.2) is 43.1 Å². The Morgan fingerprint density at radius 2 is 1.90 bits per heavy atom. The molecule has 156 valence electrons. The largest absolute Gasteiger partial charge is 0.499 e. The average molecular weight is 482 g/mol. The maximum atomic E-state index is 12.9. The zero-order valence-electron chi connectivity index (χ0n) is 14.5. The zero-order valence-corrected chi connectivity index (χ0v) is 16.1. The molecule has 0 saturated carbocycles. The highest BCUT2D eigenvalue weighted by Gasteiger charge is 2.61. The van der Waals surface area contributed by atoms with Gasteiger partial charge in [0.25, 0.3) is 5.91 Å². The smallest absolute Gasteiger partial charge is 0.426 e. The molecule has 1 aromatic heterocycles. The molecule has 12 heteroatoms. The standard InChI is InChI=1S/C17H13BrF5N3O3/c18-13-7-10(8-24-14(13)26-5-6-28-9-26)15(27)25-11-1-3-12(4-2-11)29-17(22,23)16(19,20)21/h1-4,7-8H,5-6,9H2,(H,25,27). The van der Waals surface area contributed by atoms with Gasteiger partial charge >= 0.3 is 12.3 Å². The van der Waals surface area contributed by atoms with Crippen molar-refractivity contribution in [3.8, 4) is 5.75 Å². The summed E-state index contributed by atoms with van der Waals surface area (Å²) in [4.78, 5) is 18.4. The van der Waals surface area contributed by atoms with Crippen LogP contribution in [0.15, 0.2) is 41.0 Å². The Morgan fingerprint density at radius 1 is 1.21 bits per heavy atom. The molecule has 0 bridgehead atoms. The highest BCUT2D eigenvalue weighted by molar-refractivity contribution is 9.10. The van der Waals surface area contributed by atoms with E-state index >= 15 is 0 Å². The molecule has 1 amide bonds. The van der Waals surface area contributed by atoms with E-state index in [2.05, 4.69) is 31.0 Å². The van der Waals surface area contributed by atoms with E-state index in [9.17, 15) is 26.7 Å². The highest BCUT2D eigenvalue weighted by Crippen LogP contribution is 2.37. The molecule has 0 spiro atoms. The van der Waals surface area contributed by atoms with Crippen LogP contribution in [0, 0.1) is 0 Å². The van der Waals surface area contributed by atoms with Crippen LogP contribution < -0.4 is 15.0 Å². The summed E-state index contributed by atoms with van der Waals surface area (Å²) in [6, 6.07) is 5.60. The summed E-state index contributed by atoms with van der Waals surface area (Å²) in [5.41, 5.74) is 0.385. The summed E-state index contributed by atoms with van der Waals surface area (Å²) >= 11 is 3.35. The van der Waals surface area contributed by atoms with Gasteiger partial charge in [-0.1, -0.05) is 0 Å². The minimum Gasteiger partial charge on any atom is -0.426 e. The number of anilines is 2. The molecule has 3 rings (SSSR count). The van der Waals surface area contributed by atoms with E-state index in [0.717, 1.165) is 24.3 Å². The molecular formula is C17H13BrF5N3O3. The number of amides is 1. The molecular weight excluding hydrogens is 469 g/mol. The fourth-order valence-electron chi connectivity index (χ4n) is 2.38. The third kappa shape index (κ3) is 4.93. The Bertz CT molecular complexity index is 887. The van der Waals surface area contributed by atoms with Gasteiger partial charge in [0, 0.05) is 18.4 Å². The summed E-state index contributed by atoms with van der Waals surface area (Å²) in [5.74, 6) is -0.630. The predicted octanol–water partition coefficient (Wildman–Crippen LogP) is 4.42. The van der Waals surface area contributed by atoms with Gasteiger partial charge in [-0.3, -0.25) is 4.79 Å². The molecule has 0 unspecified atom stereocenters. The Morgan fingerprint density at radius 3 is 2.45 bits per heavy atom. The second-order valence-corrected chi connectivity index (χ2v) is 6.78. The summed E-state index contributed by atoms with van der Waals surface area (Å²) < 4.78 is 71.8. The van der Waals surface area contributed by atoms with Crippen molar-refractivity contribution in [1.29, 1.82) is 0 Å². The van der Waals surface area contributed by atoms with Gasteiger partial charge in [-0.05, 0) is 46.3 Å². The van der Waals surface area contributed by atoms with Crippen LogP contribution in [0.5, 0.6) is 5.75 Å². The molecule has 1 aliphatic rings. The van der Waals surface area contributed by atoms with E-state index in [1.54, 1.807) is 6.07 Å². The van der Waals surface area contributed by atoms with Crippen molar-refractivity contribution in [2.75, 3.05) is 30.1 Å².